The van der Waals surface area contributed by atoms with Crippen molar-refractivity contribution in [1.29, 1.82) is 0 Å². The van der Waals surface area contributed by atoms with Gasteiger partial charge in [-0.25, -0.2) is 8.42 Å². The quantitative estimate of drug-likeness (QED) is 0.828. The summed E-state index contributed by atoms with van der Waals surface area (Å²) in [6, 6.07) is 3.48. The number of thiophene rings is 1. The predicted octanol–water partition coefficient (Wildman–Crippen LogP) is 3.71. The molecule has 1 aromatic rings. The molecule has 2 heterocycles. The summed E-state index contributed by atoms with van der Waals surface area (Å²) in [5, 5.41) is 0. The van der Waals surface area contributed by atoms with E-state index < -0.39 is 10.0 Å². The first-order chi connectivity index (χ1) is 8.54. The van der Waals surface area contributed by atoms with Gasteiger partial charge in [0.05, 0.1) is 3.79 Å². The zero-order chi connectivity index (χ0) is 13.2. The second-order valence-corrected chi connectivity index (χ2v) is 9.32. The molecule has 0 spiro atoms. The highest BCUT2D eigenvalue weighted by molar-refractivity contribution is 9.11. The van der Waals surface area contributed by atoms with E-state index in [4.69, 9.17) is 0 Å². The monoisotopic (exact) mass is 351 g/mol. The Kier molecular flexibility index (Phi) is 4.86. The van der Waals surface area contributed by atoms with Crippen LogP contribution in [0.4, 0.5) is 0 Å². The Morgan fingerprint density at radius 2 is 2.06 bits per heavy atom. The van der Waals surface area contributed by atoms with Gasteiger partial charge in [0, 0.05) is 13.1 Å². The molecule has 18 heavy (non-hydrogen) atoms. The lowest BCUT2D eigenvalue weighted by Crippen LogP contribution is -2.38. The van der Waals surface area contributed by atoms with Gasteiger partial charge in [-0.2, -0.15) is 4.31 Å². The highest BCUT2D eigenvalue weighted by atomic mass is 79.9. The van der Waals surface area contributed by atoms with Crippen LogP contribution in [0.15, 0.2) is 20.1 Å². The van der Waals surface area contributed by atoms with Crippen molar-refractivity contribution in [3.8, 4) is 0 Å². The second kappa shape index (κ2) is 6.03. The van der Waals surface area contributed by atoms with Crippen LogP contribution in [-0.2, 0) is 10.0 Å². The fourth-order valence-electron chi connectivity index (χ4n) is 2.41. The number of sulfonamides is 1. The van der Waals surface area contributed by atoms with E-state index in [1.165, 1.54) is 24.2 Å². The molecule has 102 valence electrons. The van der Waals surface area contributed by atoms with Crippen LogP contribution in [0.2, 0.25) is 0 Å². The van der Waals surface area contributed by atoms with E-state index in [2.05, 4.69) is 22.9 Å². The Labute approximate surface area is 121 Å². The first kappa shape index (κ1) is 14.5. The van der Waals surface area contributed by atoms with Crippen LogP contribution in [0.3, 0.4) is 0 Å². The Bertz CT molecular complexity index is 490. The average Bonchev–Trinajstić information content (AvgIpc) is 2.78. The molecule has 3 nitrogen and oxygen atoms in total. The third-order valence-electron chi connectivity index (χ3n) is 3.41. The first-order valence-electron chi connectivity index (χ1n) is 6.29. The summed E-state index contributed by atoms with van der Waals surface area (Å²) in [6.45, 7) is 3.53. The maximum Gasteiger partial charge on any atom is 0.252 e. The van der Waals surface area contributed by atoms with Gasteiger partial charge in [-0.05, 0) is 46.8 Å². The molecule has 1 saturated heterocycles. The van der Waals surface area contributed by atoms with Crippen molar-refractivity contribution in [1.82, 2.24) is 4.31 Å². The van der Waals surface area contributed by atoms with Gasteiger partial charge >= 0.3 is 0 Å². The fraction of sp³-hybridized carbons (Fsp3) is 0.667. The predicted molar refractivity (Wildman–Crippen MR) is 78.4 cm³/mol. The summed E-state index contributed by atoms with van der Waals surface area (Å²) in [5.41, 5.74) is 0. The molecule has 0 aromatic carbocycles. The molecule has 0 bridgehead atoms. The molecule has 1 fully saturated rings. The third-order valence-corrected chi connectivity index (χ3v) is 7.40. The molecule has 0 N–H and O–H groups in total. The van der Waals surface area contributed by atoms with Crippen LogP contribution in [-0.4, -0.2) is 25.8 Å². The van der Waals surface area contributed by atoms with Gasteiger partial charge in [-0.1, -0.05) is 19.8 Å². The van der Waals surface area contributed by atoms with Gasteiger partial charge in [0.2, 0.25) is 0 Å². The summed E-state index contributed by atoms with van der Waals surface area (Å²) in [4.78, 5) is 0. The molecule has 1 aliphatic rings. The molecule has 0 unspecified atom stereocenters. The fourth-order valence-corrected chi connectivity index (χ4v) is 6.04. The lowest BCUT2D eigenvalue weighted by molar-refractivity contribution is 0.263. The van der Waals surface area contributed by atoms with Gasteiger partial charge in [-0.15, -0.1) is 11.3 Å². The minimum Gasteiger partial charge on any atom is -0.206 e. The molecule has 0 amide bonds. The van der Waals surface area contributed by atoms with Crippen LogP contribution < -0.4 is 0 Å². The summed E-state index contributed by atoms with van der Waals surface area (Å²) in [7, 11) is -3.26. The van der Waals surface area contributed by atoms with Crippen LogP contribution in [0.25, 0.3) is 0 Å². The lowest BCUT2D eigenvalue weighted by Gasteiger charge is -2.30. The number of hydrogen-bond acceptors (Lipinski definition) is 3. The Balaban J connectivity index is 2.05. The van der Waals surface area contributed by atoms with Crippen molar-refractivity contribution in [2.24, 2.45) is 5.92 Å². The summed E-state index contributed by atoms with van der Waals surface area (Å²) < 4.78 is 27.7. The smallest absolute Gasteiger partial charge is 0.206 e. The number of nitrogens with zero attached hydrogens (tertiary/aromatic N) is 1. The summed E-state index contributed by atoms with van der Waals surface area (Å²) in [5.74, 6) is 0.705. The van der Waals surface area contributed by atoms with Crippen molar-refractivity contribution in [2.75, 3.05) is 13.1 Å². The van der Waals surface area contributed by atoms with E-state index >= 15 is 0 Å². The summed E-state index contributed by atoms with van der Waals surface area (Å²) >= 11 is 4.60. The second-order valence-electron chi connectivity index (χ2n) is 4.69. The van der Waals surface area contributed by atoms with E-state index in [-0.39, 0.29) is 0 Å². The standard InChI is InChI=1S/C12H18BrNO2S2/c1-2-3-10-6-8-14(9-7-10)18(15,16)12-5-4-11(13)17-12/h4-5,10H,2-3,6-9H2,1H3. The molecule has 2 rings (SSSR count). The van der Waals surface area contributed by atoms with Crippen molar-refractivity contribution in [2.45, 2.75) is 36.8 Å². The Morgan fingerprint density at radius 1 is 1.39 bits per heavy atom. The molecule has 0 radical (unpaired) electrons. The maximum absolute atomic E-state index is 12.4. The third kappa shape index (κ3) is 3.15. The van der Waals surface area contributed by atoms with Crippen LogP contribution in [0.1, 0.15) is 32.6 Å². The molecule has 0 saturated carbocycles. The molecular weight excluding hydrogens is 334 g/mol. The highest BCUT2D eigenvalue weighted by Crippen LogP contribution is 2.31. The topological polar surface area (TPSA) is 37.4 Å². The normalized spacial score (nSPS) is 19.2. The van der Waals surface area contributed by atoms with E-state index in [9.17, 15) is 8.42 Å². The molecule has 6 heteroatoms. The molecule has 1 aromatic heterocycles. The van der Waals surface area contributed by atoms with Crippen molar-refractivity contribution >= 4 is 37.3 Å². The summed E-state index contributed by atoms with van der Waals surface area (Å²) in [6.07, 6.45) is 4.41. The van der Waals surface area contributed by atoms with Crippen molar-refractivity contribution in [3.05, 3.63) is 15.9 Å². The van der Waals surface area contributed by atoms with E-state index in [0.717, 1.165) is 16.6 Å². The van der Waals surface area contributed by atoms with Gasteiger partial charge in [0.15, 0.2) is 0 Å². The maximum atomic E-state index is 12.4. The van der Waals surface area contributed by atoms with Crippen LogP contribution >= 0.6 is 27.3 Å². The number of piperidine rings is 1. The molecule has 0 atom stereocenters. The average molecular weight is 352 g/mol. The minimum atomic E-state index is -3.26. The van der Waals surface area contributed by atoms with Crippen LogP contribution in [0.5, 0.6) is 0 Å². The molecule has 1 aliphatic heterocycles. The largest absolute Gasteiger partial charge is 0.252 e. The Hall–Kier alpha value is 0.0900. The zero-order valence-electron chi connectivity index (χ0n) is 10.4. The van der Waals surface area contributed by atoms with Gasteiger partial charge < -0.3 is 0 Å². The van der Waals surface area contributed by atoms with Crippen molar-refractivity contribution in [3.63, 3.8) is 0 Å². The Morgan fingerprint density at radius 3 is 2.56 bits per heavy atom. The van der Waals surface area contributed by atoms with Crippen molar-refractivity contribution < 1.29 is 8.42 Å². The van der Waals surface area contributed by atoms with Gasteiger partial charge in [0.1, 0.15) is 4.21 Å². The van der Waals surface area contributed by atoms with Gasteiger partial charge in [0.25, 0.3) is 10.0 Å². The van der Waals surface area contributed by atoms with Crippen LogP contribution in [0, 0.1) is 5.92 Å². The SMILES string of the molecule is CCCC1CCN(S(=O)(=O)c2ccc(Br)s2)CC1. The van der Waals surface area contributed by atoms with Gasteiger partial charge in [-0.3, -0.25) is 0 Å². The number of hydrogen-bond donors (Lipinski definition) is 0. The van der Waals surface area contributed by atoms with E-state index in [1.807, 2.05) is 0 Å². The minimum absolute atomic E-state index is 0.448. The number of halogens is 1. The highest BCUT2D eigenvalue weighted by Gasteiger charge is 2.29. The van der Waals surface area contributed by atoms with E-state index in [0.29, 0.717) is 23.2 Å². The molecular formula is C12H18BrNO2S2. The number of rotatable bonds is 4. The molecule has 0 aliphatic carbocycles. The lowest BCUT2D eigenvalue weighted by atomic mass is 9.94. The first-order valence-corrected chi connectivity index (χ1v) is 9.34. The zero-order valence-corrected chi connectivity index (χ0v) is 13.7. The van der Waals surface area contributed by atoms with E-state index in [1.54, 1.807) is 16.4 Å².